The standard InChI is InChI=1S/C14H28N2/c1-3-15-13-8-6-4-5-7-9-14(13)16(2)12-10-11-12/h12-15H,3-11H2,1-2H3. The first-order valence-corrected chi connectivity index (χ1v) is 7.28. The van der Waals surface area contributed by atoms with Crippen molar-refractivity contribution in [1.82, 2.24) is 10.2 Å². The number of likely N-dealkylation sites (N-methyl/N-ethyl adjacent to an activating group) is 2. The van der Waals surface area contributed by atoms with Crippen molar-refractivity contribution in [1.29, 1.82) is 0 Å². The summed E-state index contributed by atoms with van der Waals surface area (Å²) in [6.45, 7) is 3.37. The molecular formula is C14H28N2. The fourth-order valence-electron chi connectivity index (χ4n) is 3.21. The van der Waals surface area contributed by atoms with E-state index < -0.39 is 0 Å². The second-order valence-corrected chi connectivity index (χ2v) is 5.62. The summed E-state index contributed by atoms with van der Waals surface area (Å²) in [5, 5.41) is 3.72. The van der Waals surface area contributed by atoms with Gasteiger partial charge in [0.15, 0.2) is 0 Å². The third kappa shape index (κ3) is 3.21. The van der Waals surface area contributed by atoms with Crippen LogP contribution < -0.4 is 5.32 Å². The minimum absolute atomic E-state index is 0.746. The lowest BCUT2D eigenvalue weighted by atomic mass is 9.91. The molecule has 0 spiro atoms. The van der Waals surface area contributed by atoms with Crippen LogP contribution in [-0.2, 0) is 0 Å². The van der Waals surface area contributed by atoms with Crippen molar-refractivity contribution in [2.45, 2.75) is 76.4 Å². The highest BCUT2D eigenvalue weighted by Gasteiger charge is 2.34. The second kappa shape index (κ2) is 6.02. The van der Waals surface area contributed by atoms with Gasteiger partial charge in [0.25, 0.3) is 0 Å². The van der Waals surface area contributed by atoms with Crippen molar-refractivity contribution in [2.75, 3.05) is 13.6 Å². The van der Waals surface area contributed by atoms with Crippen molar-refractivity contribution in [3.05, 3.63) is 0 Å². The molecule has 0 radical (unpaired) electrons. The molecule has 94 valence electrons. The van der Waals surface area contributed by atoms with Crippen LogP contribution in [0.25, 0.3) is 0 Å². The van der Waals surface area contributed by atoms with E-state index in [9.17, 15) is 0 Å². The predicted octanol–water partition coefficient (Wildman–Crippen LogP) is 2.78. The third-order valence-corrected chi connectivity index (χ3v) is 4.34. The topological polar surface area (TPSA) is 15.3 Å². The van der Waals surface area contributed by atoms with E-state index in [1.54, 1.807) is 0 Å². The maximum Gasteiger partial charge on any atom is 0.0249 e. The zero-order valence-corrected chi connectivity index (χ0v) is 11.0. The molecule has 0 aromatic carbocycles. The Hall–Kier alpha value is -0.0800. The molecule has 2 atom stereocenters. The molecule has 2 fully saturated rings. The van der Waals surface area contributed by atoms with E-state index in [1.165, 1.54) is 51.4 Å². The molecule has 2 nitrogen and oxygen atoms in total. The van der Waals surface area contributed by atoms with Crippen LogP contribution in [0.4, 0.5) is 0 Å². The smallest absolute Gasteiger partial charge is 0.0249 e. The minimum atomic E-state index is 0.746. The van der Waals surface area contributed by atoms with Crippen LogP contribution in [0, 0.1) is 0 Å². The SMILES string of the molecule is CCNC1CCCCCCC1N(C)C1CC1. The third-order valence-electron chi connectivity index (χ3n) is 4.34. The van der Waals surface area contributed by atoms with E-state index in [2.05, 4.69) is 24.2 Å². The zero-order chi connectivity index (χ0) is 11.4. The Morgan fingerprint density at radius 1 is 1.00 bits per heavy atom. The van der Waals surface area contributed by atoms with Gasteiger partial charge in [0.2, 0.25) is 0 Å². The van der Waals surface area contributed by atoms with Crippen LogP contribution in [0.15, 0.2) is 0 Å². The molecule has 0 amide bonds. The van der Waals surface area contributed by atoms with Crippen LogP contribution in [0.5, 0.6) is 0 Å². The van der Waals surface area contributed by atoms with Crippen molar-refractivity contribution < 1.29 is 0 Å². The maximum absolute atomic E-state index is 3.72. The summed E-state index contributed by atoms with van der Waals surface area (Å²) in [4.78, 5) is 2.68. The molecule has 2 aliphatic carbocycles. The summed E-state index contributed by atoms with van der Waals surface area (Å²) < 4.78 is 0. The second-order valence-electron chi connectivity index (χ2n) is 5.62. The van der Waals surface area contributed by atoms with E-state index in [0.717, 1.165) is 24.7 Å². The average molecular weight is 224 g/mol. The summed E-state index contributed by atoms with van der Waals surface area (Å²) in [5.74, 6) is 0. The molecule has 1 N–H and O–H groups in total. The summed E-state index contributed by atoms with van der Waals surface area (Å²) in [5.41, 5.74) is 0. The quantitative estimate of drug-likeness (QED) is 0.790. The lowest BCUT2D eigenvalue weighted by Crippen LogP contribution is -2.49. The molecule has 0 aromatic rings. The molecule has 16 heavy (non-hydrogen) atoms. The van der Waals surface area contributed by atoms with Gasteiger partial charge >= 0.3 is 0 Å². The van der Waals surface area contributed by atoms with Gasteiger partial charge in [-0.1, -0.05) is 32.6 Å². The van der Waals surface area contributed by atoms with Gasteiger partial charge < -0.3 is 5.32 Å². The first-order chi connectivity index (χ1) is 7.83. The Kier molecular flexibility index (Phi) is 4.66. The Balaban J connectivity index is 1.94. The minimum Gasteiger partial charge on any atom is -0.313 e. The van der Waals surface area contributed by atoms with E-state index in [1.807, 2.05) is 0 Å². The first-order valence-electron chi connectivity index (χ1n) is 7.28. The average Bonchev–Trinajstić information content (AvgIpc) is 3.05. The number of hydrogen-bond acceptors (Lipinski definition) is 2. The van der Waals surface area contributed by atoms with Gasteiger partial charge in [0, 0.05) is 18.1 Å². The summed E-state index contributed by atoms with van der Waals surface area (Å²) >= 11 is 0. The van der Waals surface area contributed by atoms with Crippen molar-refractivity contribution >= 4 is 0 Å². The van der Waals surface area contributed by atoms with Gasteiger partial charge in [-0.3, -0.25) is 4.90 Å². The van der Waals surface area contributed by atoms with Crippen LogP contribution in [0.2, 0.25) is 0 Å². The molecule has 0 aromatic heterocycles. The number of hydrogen-bond donors (Lipinski definition) is 1. The normalized spacial score (nSPS) is 32.4. The fourth-order valence-corrected chi connectivity index (χ4v) is 3.21. The lowest BCUT2D eigenvalue weighted by Gasteiger charge is -2.37. The summed E-state index contributed by atoms with van der Waals surface area (Å²) in [7, 11) is 2.36. The highest BCUT2D eigenvalue weighted by molar-refractivity contribution is 4.92. The van der Waals surface area contributed by atoms with Crippen LogP contribution >= 0.6 is 0 Å². The Bertz CT molecular complexity index is 201. The van der Waals surface area contributed by atoms with Crippen LogP contribution in [-0.4, -0.2) is 36.6 Å². The van der Waals surface area contributed by atoms with E-state index in [-0.39, 0.29) is 0 Å². The van der Waals surface area contributed by atoms with Gasteiger partial charge in [-0.25, -0.2) is 0 Å². The van der Waals surface area contributed by atoms with Gasteiger partial charge in [0.1, 0.15) is 0 Å². The highest BCUT2D eigenvalue weighted by Crippen LogP contribution is 2.31. The molecular weight excluding hydrogens is 196 g/mol. The summed E-state index contributed by atoms with van der Waals surface area (Å²) in [6, 6.07) is 2.45. The van der Waals surface area contributed by atoms with Crippen LogP contribution in [0.1, 0.15) is 58.3 Å². The number of nitrogens with one attached hydrogen (secondary N) is 1. The van der Waals surface area contributed by atoms with Gasteiger partial charge in [-0.05, 0) is 39.3 Å². The van der Waals surface area contributed by atoms with Gasteiger partial charge in [0.05, 0.1) is 0 Å². The maximum atomic E-state index is 3.72. The molecule has 2 saturated carbocycles. The largest absolute Gasteiger partial charge is 0.313 e. The predicted molar refractivity (Wildman–Crippen MR) is 69.7 cm³/mol. The number of nitrogens with zero attached hydrogens (tertiary/aromatic N) is 1. The Morgan fingerprint density at radius 3 is 2.31 bits per heavy atom. The fraction of sp³-hybridized carbons (Fsp3) is 1.00. The van der Waals surface area contributed by atoms with E-state index >= 15 is 0 Å². The highest BCUT2D eigenvalue weighted by atomic mass is 15.2. The van der Waals surface area contributed by atoms with Crippen molar-refractivity contribution in [3.8, 4) is 0 Å². The van der Waals surface area contributed by atoms with Gasteiger partial charge in [-0.2, -0.15) is 0 Å². The molecule has 0 bridgehead atoms. The first kappa shape index (κ1) is 12.4. The monoisotopic (exact) mass is 224 g/mol. The van der Waals surface area contributed by atoms with Gasteiger partial charge in [-0.15, -0.1) is 0 Å². The molecule has 0 heterocycles. The molecule has 0 saturated heterocycles. The molecule has 2 aliphatic rings. The lowest BCUT2D eigenvalue weighted by molar-refractivity contribution is 0.156. The van der Waals surface area contributed by atoms with Crippen LogP contribution in [0.3, 0.4) is 0 Å². The van der Waals surface area contributed by atoms with Crippen molar-refractivity contribution in [2.24, 2.45) is 0 Å². The zero-order valence-electron chi connectivity index (χ0n) is 11.0. The van der Waals surface area contributed by atoms with Crippen molar-refractivity contribution in [3.63, 3.8) is 0 Å². The number of rotatable bonds is 4. The molecule has 2 rings (SSSR count). The molecule has 2 unspecified atom stereocenters. The van der Waals surface area contributed by atoms with E-state index in [4.69, 9.17) is 0 Å². The van der Waals surface area contributed by atoms with E-state index in [0.29, 0.717) is 0 Å². The Morgan fingerprint density at radius 2 is 1.69 bits per heavy atom. The Labute approximate surface area is 101 Å². The summed E-state index contributed by atoms with van der Waals surface area (Å²) in [6.07, 6.45) is 11.4. The molecule has 2 heteroatoms. The molecule has 0 aliphatic heterocycles.